The van der Waals surface area contributed by atoms with Crippen LogP contribution in [-0.2, 0) is 0 Å². The molecular weight excluding hydrogens is 456 g/mol. The van der Waals surface area contributed by atoms with Crippen LogP contribution in [0.2, 0.25) is 0 Å². The van der Waals surface area contributed by atoms with Crippen molar-refractivity contribution in [3.05, 3.63) is 48.0 Å². The summed E-state index contributed by atoms with van der Waals surface area (Å²) < 4.78 is 16.2. The maximum absolute atomic E-state index is 13.3. The van der Waals surface area contributed by atoms with Crippen molar-refractivity contribution in [1.29, 1.82) is 0 Å². The lowest BCUT2D eigenvalue weighted by Gasteiger charge is -2.41. The molecule has 0 spiro atoms. The van der Waals surface area contributed by atoms with E-state index >= 15 is 0 Å². The van der Waals surface area contributed by atoms with Crippen LogP contribution in [0.5, 0.6) is 17.2 Å². The SMILES string of the molecule is CCOc1ccc(N=C(NC(=O)c2ccc(OC)c(OC)c2)N2CCN(C3CCCCC3)CC2)cc1. The van der Waals surface area contributed by atoms with E-state index in [9.17, 15) is 4.79 Å². The summed E-state index contributed by atoms with van der Waals surface area (Å²) in [6.07, 6.45) is 6.61. The molecule has 1 saturated heterocycles. The molecule has 36 heavy (non-hydrogen) atoms. The highest BCUT2D eigenvalue weighted by molar-refractivity contribution is 6.06. The number of ether oxygens (including phenoxy) is 3. The molecule has 2 aromatic carbocycles. The Morgan fingerprint density at radius 1 is 0.944 bits per heavy atom. The number of aliphatic imine (C=N–C) groups is 1. The minimum Gasteiger partial charge on any atom is -0.494 e. The van der Waals surface area contributed by atoms with Gasteiger partial charge in [0.15, 0.2) is 11.5 Å². The molecule has 0 aromatic heterocycles. The van der Waals surface area contributed by atoms with Crippen LogP contribution < -0.4 is 19.5 Å². The fraction of sp³-hybridized carbons (Fsp3) is 0.500. The molecule has 2 aromatic rings. The van der Waals surface area contributed by atoms with Crippen LogP contribution in [0.1, 0.15) is 49.4 Å². The average Bonchev–Trinajstić information content (AvgIpc) is 2.94. The Morgan fingerprint density at radius 3 is 2.28 bits per heavy atom. The summed E-state index contributed by atoms with van der Waals surface area (Å²) in [6.45, 7) is 6.15. The van der Waals surface area contributed by atoms with Crippen LogP contribution in [0.4, 0.5) is 5.69 Å². The fourth-order valence-electron chi connectivity index (χ4n) is 4.98. The molecule has 1 heterocycles. The second-order valence-corrected chi connectivity index (χ2v) is 9.20. The molecule has 8 heteroatoms. The van der Waals surface area contributed by atoms with Crippen molar-refractivity contribution >= 4 is 17.6 Å². The van der Waals surface area contributed by atoms with Crippen molar-refractivity contribution in [3.63, 3.8) is 0 Å². The summed E-state index contributed by atoms with van der Waals surface area (Å²) in [4.78, 5) is 22.9. The number of guanidine groups is 1. The Bertz CT molecular complexity index is 1030. The Morgan fingerprint density at radius 2 is 1.64 bits per heavy atom. The van der Waals surface area contributed by atoms with Crippen LogP contribution >= 0.6 is 0 Å². The lowest BCUT2D eigenvalue weighted by molar-refractivity contribution is 0.0943. The second kappa shape index (κ2) is 12.6. The predicted octanol–water partition coefficient (Wildman–Crippen LogP) is 4.47. The zero-order chi connectivity index (χ0) is 25.3. The molecule has 1 aliphatic carbocycles. The highest BCUT2D eigenvalue weighted by atomic mass is 16.5. The van der Waals surface area contributed by atoms with Crippen LogP contribution in [-0.4, -0.2) is 74.7 Å². The third-order valence-electron chi connectivity index (χ3n) is 6.96. The fourth-order valence-corrected chi connectivity index (χ4v) is 4.98. The van der Waals surface area contributed by atoms with Gasteiger partial charge in [-0.25, -0.2) is 4.99 Å². The maximum Gasteiger partial charge on any atom is 0.258 e. The molecule has 0 unspecified atom stereocenters. The average molecular weight is 495 g/mol. The Balaban J connectivity index is 1.52. The van der Waals surface area contributed by atoms with Gasteiger partial charge in [-0.3, -0.25) is 15.0 Å². The van der Waals surface area contributed by atoms with E-state index in [2.05, 4.69) is 15.1 Å². The van der Waals surface area contributed by atoms with E-state index in [0.717, 1.165) is 37.6 Å². The van der Waals surface area contributed by atoms with E-state index in [4.69, 9.17) is 19.2 Å². The maximum atomic E-state index is 13.3. The minimum atomic E-state index is -0.240. The van der Waals surface area contributed by atoms with E-state index in [1.54, 1.807) is 32.4 Å². The Labute approximate surface area is 214 Å². The molecule has 1 amide bonds. The highest BCUT2D eigenvalue weighted by Crippen LogP contribution is 2.28. The van der Waals surface area contributed by atoms with Crippen molar-refractivity contribution < 1.29 is 19.0 Å². The van der Waals surface area contributed by atoms with Crippen molar-refractivity contribution in [1.82, 2.24) is 15.1 Å². The van der Waals surface area contributed by atoms with E-state index < -0.39 is 0 Å². The van der Waals surface area contributed by atoms with Crippen LogP contribution in [0, 0.1) is 0 Å². The molecule has 2 aliphatic rings. The molecular formula is C28H38N4O4. The van der Waals surface area contributed by atoms with Crippen molar-refractivity contribution in [2.75, 3.05) is 47.0 Å². The standard InChI is InChI=1S/C28H38N4O4/c1-4-36-24-13-11-22(12-14-24)29-28(30-27(33)21-10-15-25(34-2)26(20-21)35-3)32-18-16-31(17-19-32)23-8-6-5-7-9-23/h10-15,20,23H,4-9,16-19H2,1-3H3,(H,29,30,33). The molecule has 8 nitrogen and oxygen atoms in total. The van der Waals surface area contributed by atoms with Gasteiger partial charge >= 0.3 is 0 Å². The van der Waals surface area contributed by atoms with Crippen molar-refractivity contribution in [3.8, 4) is 17.2 Å². The summed E-state index contributed by atoms with van der Waals surface area (Å²) in [6, 6.07) is 13.5. The molecule has 2 fully saturated rings. The number of piperazine rings is 1. The first-order valence-corrected chi connectivity index (χ1v) is 12.9. The van der Waals surface area contributed by atoms with Gasteiger partial charge < -0.3 is 19.1 Å². The number of benzene rings is 2. The largest absolute Gasteiger partial charge is 0.494 e. The number of hydrogen-bond acceptors (Lipinski definition) is 6. The molecule has 0 bridgehead atoms. The lowest BCUT2D eigenvalue weighted by atomic mass is 9.94. The van der Waals surface area contributed by atoms with E-state index in [1.165, 1.54) is 32.1 Å². The smallest absolute Gasteiger partial charge is 0.258 e. The normalized spacial score (nSPS) is 17.5. The molecule has 1 N–H and O–H groups in total. The number of methoxy groups -OCH3 is 2. The summed E-state index contributed by atoms with van der Waals surface area (Å²) in [7, 11) is 3.14. The number of nitrogens with one attached hydrogen (secondary N) is 1. The van der Waals surface area contributed by atoms with E-state index in [1.807, 2.05) is 31.2 Å². The van der Waals surface area contributed by atoms with Gasteiger partial charge in [-0.05, 0) is 62.2 Å². The first-order chi connectivity index (χ1) is 17.6. The molecule has 194 valence electrons. The summed E-state index contributed by atoms with van der Waals surface area (Å²) in [5, 5.41) is 3.07. The summed E-state index contributed by atoms with van der Waals surface area (Å²) in [5.74, 6) is 2.21. The van der Waals surface area contributed by atoms with Crippen LogP contribution in [0.15, 0.2) is 47.5 Å². The predicted molar refractivity (Wildman–Crippen MR) is 142 cm³/mol. The minimum absolute atomic E-state index is 0.240. The first kappa shape index (κ1) is 25.8. The van der Waals surface area contributed by atoms with Gasteiger partial charge in [0, 0.05) is 37.8 Å². The number of nitrogens with zero attached hydrogens (tertiary/aromatic N) is 3. The molecule has 1 saturated carbocycles. The zero-order valence-corrected chi connectivity index (χ0v) is 21.7. The zero-order valence-electron chi connectivity index (χ0n) is 21.7. The monoisotopic (exact) mass is 494 g/mol. The van der Waals surface area contributed by atoms with Gasteiger partial charge in [0.2, 0.25) is 5.96 Å². The summed E-state index contributed by atoms with van der Waals surface area (Å²) in [5.41, 5.74) is 1.24. The molecule has 0 radical (unpaired) electrons. The molecule has 1 aliphatic heterocycles. The molecule has 0 atom stereocenters. The number of rotatable bonds is 7. The summed E-state index contributed by atoms with van der Waals surface area (Å²) >= 11 is 0. The van der Waals surface area contributed by atoms with E-state index in [0.29, 0.717) is 35.7 Å². The highest BCUT2D eigenvalue weighted by Gasteiger charge is 2.27. The molecule has 4 rings (SSSR count). The second-order valence-electron chi connectivity index (χ2n) is 9.20. The number of hydrogen-bond donors (Lipinski definition) is 1. The number of amides is 1. The van der Waals surface area contributed by atoms with Gasteiger partial charge in [-0.2, -0.15) is 0 Å². The van der Waals surface area contributed by atoms with Gasteiger partial charge in [-0.15, -0.1) is 0 Å². The number of carbonyl (C=O) groups is 1. The van der Waals surface area contributed by atoms with Crippen LogP contribution in [0.3, 0.4) is 0 Å². The van der Waals surface area contributed by atoms with Crippen molar-refractivity contribution in [2.45, 2.75) is 45.1 Å². The third-order valence-corrected chi connectivity index (χ3v) is 6.96. The lowest BCUT2D eigenvalue weighted by Crippen LogP contribution is -2.55. The Hall–Kier alpha value is -3.26. The van der Waals surface area contributed by atoms with Gasteiger partial charge in [0.25, 0.3) is 5.91 Å². The van der Waals surface area contributed by atoms with Crippen LogP contribution in [0.25, 0.3) is 0 Å². The van der Waals surface area contributed by atoms with Gasteiger partial charge in [0.05, 0.1) is 26.5 Å². The first-order valence-electron chi connectivity index (χ1n) is 12.9. The van der Waals surface area contributed by atoms with E-state index in [-0.39, 0.29) is 5.91 Å². The third kappa shape index (κ3) is 6.49. The van der Waals surface area contributed by atoms with Crippen molar-refractivity contribution in [2.24, 2.45) is 4.99 Å². The Kier molecular flexibility index (Phi) is 9.06. The van der Waals surface area contributed by atoms with Gasteiger partial charge in [-0.1, -0.05) is 19.3 Å². The quantitative estimate of drug-likeness (QED) is 0.452. The topological polar surface area (TPSA) is 75.6 Å². The number of carbonyl (C=O) groups excluding carboxylic acids is 1. The van der Waals surface area contributed by atoms with Gasteiger partial charge in [0.1, 0.15) is 5.75 Å².